The minimum Gasteiger partial charge on any atom is -0.435 e. The number of hydrogen-bond donors (Lipinski definition) is 0. The van der Waals surface area contributed by atoms with E-state index < -0.39 is 12.2 Å². The molecule has 36 heavy (non-hydrogen) atoms. The van der Waals surface area contributed by atoms with Crippen LogP contribution >= 0.6 is 11.3 Å². The van der Waals surface area contributed by atoms with Crippen LogP contribution in [-0.2, 0) is 17.6 Å². The van der Waals surface area contributed by atoms with Crippen molar-refractivity contribution in [3.8, 4) is 0 Å². The third kappa shape index (κ3) is 5.86. The van der Waals surface area contributed by atoms with E-state index in [1.807, 2.05) is 0 Å². The summed E-state index contributed by atoms with van der Waals surface area (Å²) in [6, 6.07) is 9.62. The van der Waals surface area contributed by atoms with E-state index in [4.69, 9.17) is 9.72 Å². The van der Waals surface area contributed by atoms with E-state index in [1.165, 1.54) is 16.9 Å². The molecule has 7 nitrogen and oxygen atoms in total. The van der Waals surface area contributed by atoms with Crippen molar-refractivity contribution < 1.29 is 14.3 Å². The van der Waals surface area contributed by atoms with Gasteiger partial charge >= 0.3 is 12.0 Å². The first-order valence-corrected chi connectivity index (χ1v) is 14.0. The third-order valence-corrected chi connectivity index (χ3v) is 7.48. The Kier molecular flexibility index (Phi) is 8.91. The lowest BCUT2D eigenvalue weighted by Gasteiger charge is -2.20. The van der Waals surface area contributed by atoms with Gasteiger partial charge in [-0.25, -0.2) is 19.5 Å². The molecule has 3 aromatic rings. The monoisotopic (exact) mass is 508 g/mol. The summed E-state index contributed by atoms with van der Waals surface area (Å²) in [5.41, 5.74) is 3.29. The normalized spacial score (nSPS) is 15.8. The first-order valence-electron chi connectivity index (χ1n) is 13.2. The van der Waals surface area contributed by atoms with Crippen molar-refractivity contribution in [3.63, 3.8) is 0 Å². The molecule has 1 aliphatic rings. The number of thiazole rings is 1. The molecule has 1 atom stereocenters. The van der Waals surface area contributed by atoms with Crippen LogP contribution in [0.1, 0.15) is 80.9 Å². The number of benzene rings is 1. The average Bonchev–Trinajstić information content (AvgIpc) is 3.42. The molecule has 2 amide bonds. The maximum absolute atomic E-state index is 13.5. The van der Waals surface area contributed by atoms with E-state index in [0.29, 0.717) is 30.2 Å². The molecular formula is C28H36N4O3S. The SMILES string of the molecule is CCCCCCN1CC(OC(=O)c2cccnc2CCC)N(c2nc3cc(CCC)ccc3s2)C1=O. The number of fused-ring (bicyclic) bond motifs is 1. The summed E-state index contributed by atoms with van der Waals surface area (Å²) in [5.74, 6) is -0.450. The predicted molar refractivity (Wildman–Crippen MR) is 145 cm³/mol. The summed E-state index contributed by atoms with van der Waals surface area (Å²) in [5, 5.41) is 0.567. The maximum Gasteiger partial charge on any atom is 0.341 e. The van der Waals surface area contributed by atoms with E-state index in [0.717, 1.165) is 60.9 Å². The molecule has 2 aromatic heterocycles. The fraction of sp³-hybridized carbons (Fsp3) is 0.500. The van der Waals surface area contributed by atoms with Gasteiger partial charge in [-0.1, -0.05) is 70.3 Å². The summed E-state index contributed by atoms with van der Waals surface area (Å²) in [6.45, 7) is 7.35. The number of unbranched alkanes of at least 4 members (excludes halogenated alkanes) is 3. The van der Waals surface area contributed by atoms with Crippen LogP contribution in [0.2, 0.25) is 0 Å². The Labute approximate surface area is 217 Å². The Morgan fingerprint density at radius 2 is 1.92 bits per heavy atom. The highest BCUT2D eigenvalue weighted by Crippen LogP contribution is 2.34. The van der Waals surface area contributed by atoms with Gasteiger partial charge in [0.15, 0.2) is 5.13 Å². The molecule has 0 aliphatic carbocycles. The van der Waals surface area contributed by atoms with Gasteiger partial charge in [0.1, 0.15) is 0 Å². The summed E-state index contributed by atoms with van der Waals surface area (Å²) < 4.78 is 7.00. The molecule has 1 unspecified atom stereocenters. The van der Waals surface area contributed by atoms with Crippen LogP contribution < -0.4 is 4.90 Å². The Bertz CT molecular complexity index is 1190. The van der Waals surface area contributed by atoms with E-state index in [-0.39, 0.29) is 6.03 Å². The number of hydrogen-bond acceptors (Lipinski definition) is 6. The van der Waals surface area contributed by atoms with Gasteiger partial charge in [-0.15, -0.1) is 0 Å². The Hall–Kier alpha value is -3.00. The van der Waals surface area contributed by atoms with Crippen molar-refractivity contribution in [1.29, 1.82) is 0 Å². The van der Waals surface area contributed by atoms with Crippen molar-refractivity contribution in [2.75, 3.05) is 18.0 Å². The fourth-order valence-corrected chi connectivity index (χ4v) is 5.57. The maximum atomic E-state index is 13.5. The molecule has 0 saturated carbocycles. The first-order chi connectivity index (χ1) is 17.5. The van der Waals surface area contributed by atoms with Crippen LogP contribution in [0.5, 0.6) is 0 Å². The Morgan fingerprint density at radius 1 is 1.08 bits per heavy atom. The van der Waals surface area contributed by atoms with E-state index in [2.05, 4.69) is 44.0 Å². The Balaban J connectivity index is 1.61. The number of aryl methyl sites for hydroxylation is 2. The molecule has 1 saturated heterocycles. The number of amides is 2. The van der Waals surface area contributed by atoms with Gasteiger partial charge in [-0.05, 0) is 49.1 Å². The summed E-state index contributed by atoms with van der Waals surface area (Å²) in [7, 11) is 0. The molecule has 0 N–H and O–H groups in total. The quantitative estimate of drug-likeness (QED) is 0.203. The molecule has 1 fully saturated rings. The van der Waals surface area contributed by atoms with Gasteiger partial charge in [-0.3, -0.25) is 4.98 Å². The molecular weight excluding hydrogens is 472 g/mol. The number of nitrogens with zero attached hydrogens (tertiary/aromatic N) is 4. The number of anilines is 1. The molecule has 0 spiro atoms. The highest BCUT2D eigenvalue weighted by Gasteiger charge is 2.42. The number of carbonyl (C=O) groups excluding carboxylic acids is 2. The smallest absolute Gasteiger partial charge is 0.341 e. The minimum atomic E-state index is -0.735. The number of esters is 1. The zero-order valence-electron chi connectivity index (χ0n) is 21.5. The number of aromatic nitrogens is 2. The average molecular weight is 509 g/mol. The topological polar surface area (TPSA) is 75.6 Å². The largest absolute Gasteiger partial charge is 0.435 e. The lowest BCUT2D eigenvalue weighted by molar-refractivity contribution is 0.0323. The summed E-state index contributed by atoms with van der Waals surface area (Å²) in [6.07, 6.45) is 8.86. The first kappa shape index (κ1) is 26.1. The highest BCUT2D eigenvalue weighted by atomic mass is 32.1. The van der Waals surface area contributed by atoms with Crippen LogP contribution in [0.15, 0.2) is 36.5 Å². The van der Waals surface area contributed by atoms with Crippen LogP contribution in [0.25, 0.3) is 10.2 Å². The molecule has 0 radical (unpaired) electrons. The summed E-state index contributed by atoms with van der Waals surface area (Å²) >= 11 is 1.46. The molecule has 8 heteroatoms. The zero-order valence-corrected chi connectivity index (χ0v) is 22.4. The van der Waals surface area contributed by atoms with E-state index in [1.54, 1.807) is 28.1 Å². The number of pyridine rings is 1. The number of rotatable bonds is 12. The molecule has 192 valence electrons. The molecule has 1 aliphatic heterocycles. The van der Waals surface area contributed by atoms with Gasteiger partial charge in [0, 0.05) is 12.7 Å². The second-order valence-corrected chi connectivity index (χ2v) is 10.3. The second kappa shape index (κ2) is 12.3. The van der Waals surface area contributed by atoms with Gasteiger partial charge in [0.25, 0.3) is 0 Å². The molecule has 3 heterocycles. The number of carbonyl (C=O) groups is 2. The van der Waals surface area contributed by atoms with Crippen LogP contribution in [0.4, 0.5) is 9.93 Å². The van der Waals surface area contributed by atoms with Crippen molar-refractivity contribution in [2.24, 2.45) is 0 Å². The predicted octanol–water partition coefficient (Wildman–Crippen LogP) is 6.60. The van der Waals surface area contributed by atoms with Gasteiger partial charge < -0.3 is 9.64 Å². The van der Waals surface area contributed by atoms with Crippen LogP contribution in [0, 0.1) is 0 Å². The number of ether oxygens (including phenoxy) is 1. The standard InChI is InChI=1S/C28H36N4O3S/c1-4-7-8-9-17-31-19-25(35-26(33)21-13-10-16-29-22(21)12-6-3)32(28(31)34)27-30-23-18-20(11-5-2)14-15-24(23)36-27/h10,13-16,18,25H,4-9,11-12,17,19H2,1-3H3. The molecule has 1 aromatic carbocycles. The second-order valence-electron chi connectivity index (χ2n) is 9.32. The van der Waals surface area contributed by atoms with Crippen LogP contribution in [-0.4, -0.2) is 46.2 Å². The Morgan fingerprint density at radius 3 is 2.69 bits per heavy atom. The fourth-order valence-electron chi connectivity index (χ4n) is 4.59. The molecule has 0 bridgehead atoms. The highest BCUT2D eigenvalue weighted by molar-refractivity contribution is 7.22. The lowest BCUT2D eigenvalue weighted by Crippen LogP contribution is -2.38. The third-order valence-electron chi connectivity index (χ3n) is 6.45. The molecule has 4 rings (SSSR count). The van der Waals surface area contributed by atoms with Gasteiger partial charge in [-0.2, -0.15) is 0 Å². The van der Waals surface area contributed by atoms with Gasteiger partial charge in [0.05, 0.1) is 28.0 Å². The lowest BCUT2D eigenvalue weighted by atomic mass is 10.1. The minimum absolute atomic E-state index is 0.155. The van der Waals surface area contributed by atoms with E-state index in [9.17, 15) is 9.59 Å². The van der Waals surface area contributed by atoms with E-state index >= 15 is 0 Å². The zero-order chi connectivity index (χ0) is 25.5. The number of urea groups is 1. The van der Waals surface area contributed by atoms with Crippen molar-refractivity contribution in [1.82, 2.24) is 14.9 Å². The summed E-state index contributed by atoms with van der Waals surface area (Å²) in [4.78, 5) is 39.3. The van der Waals surface area contributed by atoms with Crippen molar-refractivity contribution in [2.45, 2.75) is 78.4 Å². The van der Waals surface area contributed by atoms with Crippen LogP contribution in [0.3, 0.4) is 0 Å². The van der Waals surface area contributed by atoms with Crippen molar-refractivity contribution >= 4 is 38.7 Å². The van der Waals surface area contributed by atoms with Gasteiger partial charge in [0.2, 0.25) is 6.23 Å². The van der Waals surface area contributed by atoms with Crippen molar-refractivity contribution in [3.05, 3.63) is 53.3 Å².